The zero-order chi connectivity index (χ0) is 14.7. The maximum Gasteiger partial charge on any atom is 0.247 e. The fourth-order valence-corrected chi connectivity index (χ4v) is 3.08. The highest BCUT2D eigenvalue weighted by Gasteiger charge is 2.09. The predicted molar refractivity (Wildman–Crippen MR) is 85.4 cm³/mol. The molecule has 2 aromatic carbocycles. The molecule has 0 aliphatic carbocycles. The van der Waals surface area contributed by atoms with Crippen molar-refractivity contribution in [2.75, 3.05) is 0 Å². The van der Waals surface area contributed by atoms with Crippen LogP contribution in [0.5, 0.6) is 0 Å². The van der Waals surface area contributed by atoms with Crippen molar-refractivity contribution in [3.63, 3.8) is 0 Å². The molecule has 0 saturated carbocycles. The zero-order valence-corrected chi connectivity index (χ0v) is 12.6. The van der Waals surface area contributed by atoms with Gasteiger partial charge in [0.1, 0.15) is 0 Å². The Hall–Kier alpha value is -2.04. The second-order valence-electron chi connectivity index (χ2n) is 4.23. The van der Waals surface area contributed by atoms with Crippen LogP contribution in [0.2, 0.25) is 5.02 Å². The third kappa shape index (κ3) is 3.01. The van der Waals surface area contributed by atoms with Crippen LogP contribution < -0.4 is 0 Å². The number of benzene rings is 2. The van der Waals surface area contributed by atoms with Crippen LogP contribution in [-0.2, 0) is 0 Å². The van der Waals surface area contributed by atoms with Crippen LogP contribution in [0.4, 0.5) is 0 Å². The van der Waals surface area contributed by atoms with Gasteiger partial charge in [0, 0.05) is 15.4 Å². The molecule has 0 atom stereocenters. The molecule has 0 radical (unpaired) electrons. The first kappa shape index (κ1) is 13.9. The Morgan fingerprint density at radius 3 is 2.71 bits per heavy atom. The van der Waals surface area contributed by atoms with Crippen LogP contribution in [0, 0.1) is 0 Å². The average molecular weight is 315 g/mol. The van der Waals surface area contributed by atoms with E-state index in [4.69, 9.17) is 16.0 Å². The number of nitrogens with zero attached hydrogens (tertiary/aromatic N) is 2. The molecule has 1 heterocycles. The molecule has 0 aliphatic rings. The molecule has 3 nitrogen and oxygen atoms in total. The van der Waals surface area contributed by atoms with Gasteiger partial charge in [-0.25, -0.2) is 0 Å². The molecule has 0 amide bonds. The molecule has 0 bridgehead atoms. The summed E-state index contributed by atoms with van der Waals surface area (Å²) in [5.74, 6) is 0.493. The quantitative estimate of drug-likeness (QED) is 0.664. The van der Waals surface area contributed by atoms with E-state index in [0.29, 0.717) is 5.89 Å². The van der Waals surface area contributed by atoms with E-state index in [1.165, 1.54) is 6.39 Å². The molecular formula is C16H11ClN2OS. The number of hydrogen-bond donors (Lipinski definition) is 0. The van der Waals surface area contributed by atoms with Crippen LogP contribution >= 0.6 is 23.4 Å². The second-order valence-corrected chi connectivity index (χ2v) is 5.72. The monoisotopic (exact) mass is 314 g/mol. The molecular weight excluding hydrogens is 304 g/mol. The summed E-state index contributed by atoms with van der Waals surface area (Å²) in [5, 5.41) is 8.34. The van der Waals surface area contributed by atoms with E-state index in [9.17, 15) is 0 Å². The summed E-state index contributed by atoms with van der Waals surface area (Å²) in [5.41, 5.74) is 1.86. The van der Waals surface area contributed by atoms with Gasteiger partial charge in [0.25, 0.3) is 0 Å². The van der Waals surface area contributed by atoms with E-state index in [0.717, 1.165) is 25.9 Å². The number of rotatable bonds is 4. The molecule has 21 heavy (non-hydrogen) atoms. The van der Waals surface area contributed by atoms with Gasteiger partial charge in [-0.15, -0.1) is 10.2 Å². The Kier molecular flexibility index (Phi) is 4.08. The standard InChI is InChI=1S/C16H11ClN2OS/c1-2-11-9-12(16-19-18-10-20-16)7-8-14(11)21-15-6-4-3-5-13(15)17/h2-10H,1H2. The van der Waals surface area contributed by atoms with E-state index >= 15 is 0 Å². The van der Waals surface area contributed by atoms with Gasteiger partial charge in [-0.2, -0.15) is 0 Å². The Balaban J connectivity index is 1.96. The van der Waals surface area contributed by atoms with E-state index in [1.54, 1.807) is 17.8 Å². The minimum absolute atomic E-state index is 0.493. The van der Waals surface area contributed by atoms with Crippen molar-refractivity contribution in [3.05, 3.63) is 66.0 Å². The smallest absolute Gasteiger partial charge is 0.247 e. The third-order valence-electron chi connectivity index (χ3n) is 2.89. The summed E-state index contributed by atoms with van der Waals surface area (Å²) < 4.78 is 5.21. The van der Waals surface area contributed by atoms with Gasteiger partial charge in [0.2, 0.25) is 12.3 Å². The molecule has 0 saturated heterocycles. The van der Waals surface area contributed by atoms with Crippen LogP contribution in [-0.4, -0.2) is 10.2 Å². The lowest BCUT2D eigenvalue weighted by Crippen LogP contribution is -1.84. The van der Waals surface area contributed by atoms with Crippen molar-refractivity contribution >= 4 is 29.4 Å². The highest BCUT2D eigenvalue weighted by atomic mass is 35.5. The Labute approximate surface area is 131 Å². The van der Waals surface area contributed by atoms with Crippen molar-refractivity contribution in [1.82, 2.24) is 10.2 Å². The number of halogens is 1. The topological polar surface area (TPSA) is 38.9 Å². The van der Waals surface area contributed by atoms with E-state index < -0.39 is 0 Å². The number of aromatic nitrogens is 2. The summed E-state index contributed by atoms with van der Waals surface area (Å²) in [4.78, 5) is 2.08. The van der Waals surface area contributed by atoms with Gasteiger partial charge in [-0.05, 0) is 35.9 Å². The summed E-state index contributed by atoms with van der Waals surface area (Å²) in [6.07, 6.45) is 3.12. The van der Waals surface area contributed by atoms with Gasteiger partial charge in [-0.1, -0.05) is 48.2 Å². The van der Waals surface area contributed by atoms with Crippen molar-refractivity contribution in [2.24, 2.45) is 0 Å². The summed E-state index contributed by atoms with van der Waals surface area (Å²) in [6.45, 7) is 3.87. The number of hydrogen-bond acceptors (Lipinski definition) is 4. The first-order valence-corrected chi connectivity index (χ1v) is 7.43. The SMILES string of the molecule is C=Cc1cc(-c2nnco2)ccc1Sc1ccccc1Cl. The van der Waals surface area contributed by atoms with Gasteiger partial charge in [0.15, 0.2) is 0 Å². The zero-order valence-electron chi connectivity index (χ0n) is 11.0. The predicted octanol–water partition coefficient (Wildman–Crippen LogP) is 5.18. The Morgan fingerprint density at radius 2 is 2.00 bits per heavy atom. The minimum Gasteiger partial charge on any atom is -0.423 e. The Morgan fingerprint density at radius 1 is 1.14 bits per heavy atom. The largest absolute Gasteiger partial charge is 0.423 e. The molecule has 0 unspecified atom stereocenters. The average Bonchev–Trinajstić information content (AvgIpc) is 3.04. The lowest BCUT2D eigenvalue weighted by Gasteiger charge is -2.08. The van der Waals surface area contributed by atoms with Gasteiger partial charge in [-0.3, -0.25) is 0 Å². The van der Waals surface area contributed by atoms with Crippen molar-refractivity contribution in [2.45, 2.75) is 9.79 Å². The van der Waals surface area contributed by atoms with Crippen molar-refractivity contribution in [1.29, 1.82) is 0 Å². The molecule has 104 valence electrons. The second kappa shape index (κ2) is 6.16. The van der Waals surface area contributed by atoms with Gasteiger partial charge >= 0.3 is 0 Å². The maximum atomic E-state index is 6.20. The van der Waals surface area contributed by atoms with Crippen molar-refractivity contribution in [3.8, 4) is 11.5 Å². The van der Waals surface area contributed by atoms with Crippen molar-refractivity contribution < 1.29 is 4.42 Å². The summed E-state index contributed by atoms with van der Waals surface area (Å²) in [6, 6.07) is 13.7. The fourth-order valence-electron chi connectivity index (χ4n) is 1.88. The molecule has 0 aliphatic heterocycles. The van der Waals surface area contributed by atoms with Crippen LogP contribution in [0.15, 0.2) is 69.6 Å². The normalized spacial score (nSPS) is 10.5. The first-order valence-electron chi connectivity index (χ1n) is 6.23. The van der Waals surface area contributed by atoms with Gasteiger partial charge < -0.3 is 4.42 Å². The highest BCUT2D eigenvalue weighted by molar-refractivity contribution is 7.99. The summed E-state index contributed by atoms with van der Waals surface area (Å²) >= 11 is 7.80. The maximum absolute atomic E-state index is 6.20. The molecule has 5 heteroatoms. The minimum atomic E-state index is 0.493. The van der Waals surface area contributed by atoms with Crippen LogP contribution in [0.3, 0.4) is 0 Å². The van der Waals surface area contributed by atoms with Gasteiger partial charge in [0.05, 0.1) is 5.02 Å². The van der Waals surface area contributed by atoms with Crippen LogP contribution in [0.25, 0.3) is 17.5 Å². The molecule has 3 aromatic rings. The lowest BCUT2D eigenvalue weighted by molar-refractivity contribution is 0.568. The molecule has 1 aromatic heterocycles. The third-order valence-corrected chi connectivity index (χ3v) is 4.50. The summed E-state index contributed by atoms with van der Waals surface area (Å²) in [7, 11) is 0. The molecule has 0 spiro atoms. The molecule has 3 rings (SSSR count). The van der Waals surface area contributed by atoms with Crippen LogP contribution in [0.1, 0.15) is 5.56 Å². The Bertz CT molecular complexity index is 772. The van der Waals surface area contributed by atoms with E-state index in [1.807, 2.05) is 42.5 Å². The van der Waals surface area contributed by atoms with E-state index in [2.05, 4.69) is 16.8 Å². The fraction of sp³-hybridized carbons (Fsp3) is 0. The lowest BCUT2D eigenvalue weighted by atomic mass is 10.1. The molecule has 0 N–H and O–H groups in total. The first-order chi connectivity index (χ1) is 10.3. The highest BCUT2D eigenvalue weighted by Crippen LogP contribution is 2.36. The van der Waals surface area contributed by atoms with E-state index in [-0.39, 0.29) is 0 Å². The molecule has 0 fully saturated rings.